The maximum absolute atomic E-state index is 11.6. The molecule has 0 spiro atoms. The topological polar surface area (TPSA) is 95.1 Å². The van der Waals surface area contributed by atoms with Crippen molar-refractivity contribution in [1.82, 2.24) is 20.9 Å². The van der Waals surface area contributed by atoms with E-state index in [0.717, 1.165) is 12.3 Å². The molecule has 2 amide bonds. The van der Waals surface area contributed by atoms with Gasteiger partial charge in [0.2, 0.25) is 5.91 Å². The van der Waals surface area contributed by atoms with E-state index in [0.29, 0.717) is 19.0 Å². The van der Waals surface area contributed by atoms with E-state index < -0.39 is 11.7 Å². The van der Waals surface area contributed by atoms with E-state index in [4.69, 9.17) is 4.74 Å². The van der Waals surface area contributed by atoms with Crippen LogP contribution in [0.1, 0.15) is 20.8 Å². The minimum absolute atomic E-state index is 0. The van der Waals surface area contributed by atoms with Crippen LogP contribution in [-0.4, -0.2) is 80.7 Å². The van der Waals surface area contributed by atoms with Crippen molar-refractivity contribution >= 4 is 53.7 Å². The Morgan fingerprint density at radius 2 is 1.64 bits per heavy atom. The van der Waals surface area contributed by atoms with E-state index in [1.165, 1.54) is 4.90 Å². The molecule has 0 heterocycles. The van der Waals surface area contributed by atoms with Gasteiger partial charge in [-0.1, -0.05) is 0 Å². The first kappa shape index (κ1) is 26.3. The lowest BCUT2D eigenvalue weighted by Crippen LogP contribution is -2.43. The van der Waals surface area contributed by atoms with Gasteiger partial charge in [-0.15, -0.1) is 24.0 Å². The predicted molar refractivity (Wildman–Crippen MR) is 115 cm³/mol. The van der Waals surface area contributed by atoms with Crippen molar-refractivity contribution in [1.29, 1.82) is 0 Å². The summed E-state index contributed by atoms with van der Waals surface area (Å²) in [5.41, 5.74) is -0.518. The number of ether oxygens (including phenoxy) is 1. The van der Waals surface area contributed by atoms with Gasteiger partial charge in [-0.05, 0) is 27.0 Å². The average molecular weight is 489 g/mol. The Morgan fingerprint density at radius 1 is 1.08 bits per heavy atom. The number of carbonyl (C=O) groups is 2. The SMILES string of the molecule is CSCCNC(=NCC(=O)N(C)C)NCCNC(=O)OC(C)(C)C.I. The quantitative estimate of drug-likeness (QED) is 0.205. The second-order valence-corrected chi connectivity index (χ2v) is 7.21. The summed E-state index contributed by atoms with van der Waals surface area (Å²) in [6, 6.07) is 0. The van der Waals surface area contributed by atoms with Crippen molar-refractivity contribution in [2.45, 2.75) is 26.4 Å². The lowest BCUT2D eigenvalue weighted by atomic mass is 10.2. The van der Waals surface area contributed by atoms with Crippen LogP contribution in [0.3, 0.4) is 0 Å². The molecule has 0 fully saturated rings. The number of likely N-dealkylation sites (N-methyl/N-ethyl adjacent to an activating group) is 1. The number of hydrogen-bond donors (Lipinski definition) is 3. The fourth-order valence-electron chi connectivity index (χ4n) is 1.39. The zero-order chi connectivity index (χ0) is 18.6. The molecule has 0 unspecified atom stereocenters. The molecule has 0 aromatic heterocycles. The van der Waals surface area contributed by atoms with E-state index in [9.17, 15) is 9.59 Å². The Hall–Kier alpha value is -0.910. The van der Waals surface area contributed by atoms with Crippen LogP contribution >= 0.6 is 35.7 Å². The Balaban J connectivity index is 0. The molecule has 0 aliphatic rings. The van der Waals surface area contributed by atoms with Gasteiger partial charge in [-0.25, -0.2) is 9.79 Å². The molecule has 10 heteroatoms. The van der Waals surface area contributed by atoms with Crippen LogP contribution in [0.5, 0.6) is 0 Å². The summed E-state index contributed by atoms with van der Waals surface area (Å²) < 4.78 is 5.15. The minimum atomic E-state index is -0.518. The summed E-state index contributed by atoms with van der Waals surface area (Å²) in [5, 5.41) is 8.88. The van der Waals surface area contributed by atoms with Crippen molar-refractivity contribution < 1.29 is 14.3 Å². The van der Waals surface area contributed by atoms with Crippen LogP contribution < -0.4 is 16.0 Å². The average Bonchev–Trinajstić information content (AvgIpc) is 2.46. The van der Waals surface area contributed by atoms with Crippen LogP contribution in [0.2, 0.25) is 0 Å². The third-order valence-electron chi connectivity index (χ3n) is 2.56. The van der Waals surface area contributed by atoms with E-state index in [1.807, 2.05) is 27.0 Å². The highest BCUT2D eigenvalue weighted by atomic mass is 127. The van der Waals surface area contributed by atoms with Gasteiger partial charge in [-0.2, -0.15) is 11.8 Å². The highest BCUT2D eigenvalue weighted by molar-refractivity contribution is 14.0. The fraction of sp³-hybridized carbons (Fsp3) is 0.800. The van der Waals surface area contributed by atoms with Gasteiger partial charge in [0.05, 0.1) is 0 Å². The maximum Gasteiger partial charge on any atom is 0.407 e. The van der Waals surface area contributed by atoms with Crippen molar-refractivity contribution in [3.8, 4) is 0 Å². The zero-order valence-electron chi connectivity index (χ0n) is 16.0. The first-order valence-corrected chi connectivity index (χ1v) is 9.23. The Kier molecular flexibility index (Phi) is 15.0. The Morgan fingerprint density at radius 3 is 2.16 bits per heavy atom. The molecule has 0 bridgehead atoms. The van der Waals surface area contributed by atoms with E-state index in [2.05, 4.69) is 20.9 Å². The van der Waals surface area contributed by atoms with Gasteiger partial charge in [0, 0.05) is 39.5 Å². The summed E-state index contributed by atoms with van der Waals surface area (Å²) in [4.78, 5) is 28.9. The fourth-order valence-corrected chi connectivity index (χ4v) is 1.70. The number of rotatable bonds is 8. The molecule has 0 aliphatic heterocycles. The maximum atomic E-state index is 11.6. The van der Waals surface area contributed by atoms with Gasteiger partial charge < -0.3 is 25.6 Å². The molecule has 0 saturated heterocycles. The molecule has 3 N–H and O–H groups in total. The van der Waals surface area contributed by atoms with Gasteiger partial charge in [0.1, 0.15) is 12.1 Å². The Labute approximate surface area is 172 Å². The molecule has 0 atom stereocenters. The molecule has 25 heavy (non-hydrogen) atoms. The number of aliphatic imine (C=N–C) groups is 1. The smallest absolute Gasteiger partial charge is 0.407 e. The van der Waals surface area contributed by atoms with Gasteiger partial charge >= 0.3 is 6.09 Å². The second kappa shape index (κ2) is 14.3. The lowest BCUT2D eigenvalue weighted by molar-refractivity contribution is -0.127. The number of nitrogens with zero attached hydrogens (tertiary/aromatic N) is 2. The number of hydrogen-bond acceptors (Lipinski definition) is 5. The number of nitrogens with one attached hydrogen (secondary N) is 3. The summed E-state index contributed by atoms with van der Waals surface area (Å²) in [6.45, 7) is 7.11. The summed E-state index contributed by atoms with van der Waals surface area (Å²) in [6.07, 6.45) is 1.56. The lowest BCUT2D eigenvalue weighted by Gasteiger charge is -2.20. The van der Waals surface area contributed by atoms with E-state index in [1.54, 1.807) is 25.9 Å². The van der Waals surface area contributed by atoms with Crippen molar-refractivity contribution in [3.05, 3.63) is 0 Å². The Bertz CT molecular complexity index is 428. The molecule has 0 radical (unpaired) electrons. The molecule has 148 valence electrons. The standard InChI is InChI=1S/C15H31N5O3S.HI/c1-15(2,3)23-14(22)18-8-7-16-13(17-9-10-24-6)19-11-12(21)20(4)5;/h7-11H2,1-6H3,(H,18,22)(H2,16,17,19);1H. The monoisotopic (exact) mass is 489 g/mol. The van der Waals surface area contributed by atoms with E-state index in [-0.39, 0.29) is 36.4 Å². The number of amides is 2. The van der Waals surface area contributed by atoms with Crippen LogP contribution in [0, 0.1) is 0 Å². The number of guanidine groups is 1. The minimum Gasteiger partial charge on any atom is -0.444 e. The molecular weight excluding hydrogens is 457 g/mol. The van der Waals surface area contributed by atoms with Crippen molar-refractivity contribution in [2.24, 2.45) is 4.99 Å². The molecule has 0 aromatic rings. The van der Waals surface area contributed by atoms with Crippen LogP contribution in [0.25, 0.3) is 0 Å². The third-order valence-corrected chi connectivity index (χ3v) is 3.17. The normalized spacial score (nSPS) is 11.2. The molecular formula is C15H32IN5O3S. The number of alkyl carbamates (subject to hydrolysis) is 1. The highest BCUT2D eigenvalue weighted by Gasteiger charge is 2.15. The predicted octanol–water partition coefficient (Wildman–Crippen LogP) is 1.12. The van der Waals surface area contributed by atoms with E-state index >= 15 is 0 Å². The van der Waals surface area contributed by atoms with Crippen molar-refractivity contribution in [3.63, 3.8) is 0 Å². The third kappa shape index (κ3) is 16.3. The zero-order valence-corrected chi connectivity index (χ0v) is 19.1. The molecule has 0 aliphatic carbocycles. The first-order valence-electron chi connectivity index (χ1n) is 7.84. The van der Waals surface area contributed by atoms with Gasteiger partial charge in [-0.3, -0.25) is 4.79 Å². The second-order valence-electron chi connectivity index (χ2n) is 6.23. The summed E-state index contributed by atoms with van der Waals surface area (Å²) in [5.74, 6) is 1.40. The first-order chi connectivity index (χ1) is 11.2. The number of halogens is 1. The van der Waals surface area contributed by atoms with Gasteiger partial charge in [0.25, 0.3) is 0 Å². The van der Waals surface area contributed by atoms with Crippen LogP contribution in [0.15, 0.2) is 4.99 Å². The summed E-state index contributed by atoms with van der Waals surface area (Å²) >= 11 is 1.72. The number of thioether (sulfide) groups is 1. The van der Waals surface area contributed by atoms with Crippen LogP contribution in [-0.2, 0) is 9.53 Å². The van der Waals surface area contributed by atoms with Gasteiger partial charge in [0.15, 0.2) is 5.96 Å². The molecule has 0 saturated carbocycles. The molecule has 0 rings (SSSR count). The summed E-state index contributed by atoms with van der Waals surface area (Å²) in [7, 11) is 3.38. The molecule has 0 aromatic carbocycles. The van der Waals surface area contributed by atoms with Crippen molar-refractivity contribution in [2.75, 3.05) is 52.3 Å². The largest absolute Gasteiger partial charge is 0.444 e. The number of carbonyl (C=O) groups excluding carboxylic acids is 2. The molecule has 8 nitrogen and oxygen atoms in total. The highest BCUT2D eigenvalue weighted by Crippen LogP contribution is 2.05. The van der Waals surface area contributed by atoms with Crippen LogP contribution in [0.4, 0.5) is 4.79 Å².